The molecule has 0 unspecified atom stereocenters. The van der Waals surface area contributed by atoms with Crippen LogP contribution < -0.4 is 10.6 Å². The van der Waals surface area contributed by atoms with E-state index in [0.717, 1.165) is 53.7 Å². The van der Waals surface area contributed by atoms with Crippen LogP contribution in [0.15, 0.2) is 46.6 Å². The first-order valence-electron chi connectivity index (χ1n) is 9.66. The minimum atomic E-state index is 0.546. The molecule has 3 rings (SSSR count). The number of hydrogen-bond donors (Lipinski definition) is 2. The SMILES string of the molecule is CCNC(=NCc1ccnc(-n2ccnc2)c1)NCc1c(CC)noc1CC. The van der Waals surface area contributed by atoms with Crippen molar-refractivity contribution in [1.82, 2.24) is 30.3 Å². The zero-order valence-corrected chi connectivity index (χ0v) is 16.6. The molecule has 0 spiro atoms. The van der Waals surface area contributed by atoms with E-state index in [1.807, 2.05) is 22.9 Å². The van der Waals surface area contributed by atoms with E-state index in [9.17, 15) is 0 Å². The summed E-state index contributed by atoms with van der Waals surface area (Å²) in [5.74, 6) is 2.51. The van der Waals surface area contributed by atoms with Gasteiger partial charge in [0, 0.05) is 43.7 Å². The Morgan fingerprint density at radius 1 is 1.18 bits per heavy atom. The molecule has 0 amide bonds. The average molecular weight is 381 g/mol. The van der Waals surface area contributed by atoms with Crippen molar-refractivity contribution < 1.29 is 4.52 Å². The van der Waals surface area contributed by atoms with E-state index in [4.69, 9.17) is 9.52 Å². The number of aromatic nitrogens is 4. The Morgan fingerprint density at radius 2 is 2.07 bits per heavy atom. The third-order valence-electron chi connectivity index (χ3n) is 4.38. The van der Waals surface area contributed by atoms with Gasteiger partial charge in [0.1, 0.15) is 17.9 Å². The molecule has 28 heavy (non-hydrogen) atoms. The summed E-state index contributed by atoms with van der Waals surface area (Å²) in [4.78, 5) is 13.2. The van der Waals surface area contributed by atoms with Crippen molar-refractivity contribution in [3.8, 4) is 5.82 Å². The van der Waals surface area contributed by atoms with Gasteiger partial charge in [-0.05, 0) is 31.0 Å². The van der Waals surface area contributed by atoms with Gasteiger partial charge >= 0.3 is 0 Å². The molecule has 0 aromatic carbocycles. The summed E-state index contributed by atoms with van der Waals surface area (Å²) in [5, 5.41) is 10.8. The molecule has 2 N–H and O–H groups in total. The van der Waals surface area contributed by atoms with E-state index < -0.39 is 0 Å². The maximum absolute atomic E-state index is 5.44. The Bertz CT molecular complexity index is 878. The van der Waals surface area contributed by atoms with Crippen molar-refractivity contribution in [1.29, 1.82) is 0 Å². The molecule has 0 fully saturated rings. The lowest BCUT2D eigenvalue weighted by atomic mass is 10.1. The maximum Gasteiger partial charge on any atom is 0.191 e. The van der Waals surface area contributed by atoms with Crippen LogP contribution in [0.2, 0.25) is 0 Å². The zero-order valence-electron chi connectivity index (χ0n) is 16.6. The van der Waals surface area contributed by atoms with Crippen LogP contribution in [0.3, 0.4) is 0 Å². The first kappa shape index (κ1) is 19.6. The number of hydrogen-bond acceptors (Lipinski definition) is 5. The van der Waals surface area contributed by atoms with Crippen molar-refractivity contribution >= 4 is 5.96 Å². The van der Waals surface area contributed by atoms with Crippen molar-refractivity contribution in [3.05, 3.63) is 59.6 Å². The predicted octanol–water partition coefficient (Wildman–Crippen LogP) is 2.64. The summed E-state index contributed by atoms with van der Waals surface area (Å²) >= 11 is 0. The number of aryl methyl sites for hydroxylation is 2. The standard InChI is InChI=1S/C20H27N7O/c1-4-17-16(18(5-2)28-26-17)13-25-20(22-6-3)24-12-15-7-8-23-19(11-15)27-10-9-21-14-27/h7-11,14H,4-6,12-13H2,1-3H3,(H2,22,24,25). The van der Waals surface area contributed by atoms with Crippen LogP contribution in [0, 0.1) is 0 Å². The molecular formula is C20H27N7O. The third-order valence-corrected chi connectivity index (χ3v) is 4.38. The molecule has 8 nitrogen and oxygen atoms in total. The van der Waals surface area contributed by atoms with Gasteiger partial charge in [0.25, 0.3) is 0 Å². The predicted molar refractivity (Wildman–Crippen MR) is 108 cm³/mol. The molecule has 0 bridgehead atoms. The number of pyridine rings is 1. The van der Waals surface area contributed by atoms with Gasteiger partial charge in [-0.1, -0.05) is 19.0 Å². The normalized spacial score (nSPS) is 11.6. The molecule has 148 valence electrons. The number of imidazole rings is 1. The van der Waals surface area contributed by atoms with E-state index >= 15 is 0 Å². The molecule has 0 radical (unpaired) electrons. The molecule has 0 aliphatic carbocycles. The molecule has 0 aliphatic heterocycles. The van der Waals surface area contributed by atoms with Gasteiger partial charge in [-0.15, -0.1) is 0 Å². The molecule has 3 aromatic heterocycles. The monoisotopic (exact) mass is 381 g/mol. The van der Waals surface area contributed by atoms with Gasteiger partial charge in [0.05, 0.1) is 12.2 Å². The minimum Gasteiger partial charge on any atom is -0.361 e. The highest BCUT2D eigenvalue weighted by atomic mass is 16.5. The second-order valence-electron chi connectivity index (χ2n) is 6.28. The van der Waals surface area contributed by atoms with E-state index in [1.165, 1.54) is 0 Å². The second-order valence-corrected chi connectivity index (χ2v) is 6.28. The van der Waals surface area contributed by atoms with E-state index in [1.54, 1.807) is 18.7 Å². The van der Waals surface area contributed by atoms with Gasteiger partial charge in [-0.3, -0.25) is 4.57 Å². The molecule has 0 aliphatic rings. The summed E-state index contributed by atoms with van der Waals surface area (Å²) in [6.07, 6.45) is 8.80. The lowest BCUT2D eigenvalue weighted by molar-refractivity contribution is 0.380. The van der Waals surface area contributed by atoms with Crippen LogP contribution in [0.5, 0.6) is 0 Å². The second kappa shape index (κ2) is 9.68. The van der Waals surface area contributed by atoms with Gasteiger partial charge in [0.15, 0.2) is 5.96 Å². The molecule has 3 aromatic rings. The number of nitrogens with one attached hydrogen (secondary N) is 2. The van der Waals surface area contributed by atoms with Crippen LogP contribution >= 0.6 is 0 Å². The number of aliphatic imine (C=N–C) groups is 1. The summed E-state index contributed by atoms with van der Waals surface area (Å²) in [5.41, 5.74) is 3.20. The van der Waals surface area contributed by atoms with Crippen LogP contribution in [0.4, 0.5) is 0 Å². The summed E-state index contributed by atoms with van der Waals surface area (Å²) in [6.45, 7) is 8.18. The van der Waals surface area contributed by atoms with Crippen molar-refractivity contribution in [2.45, 2.75) is 46.7 Å². The van der Waals surface area contributed by atoms with E-state index in [2.05, 4.69) is 46.5 Å². The first-order valence-corrected chi connectivity index (χ1v) is 9.66. The van der Waals surface area contributed by atoms with Gasteiger partial charge in [-0.2, -0.15) is 0 Å². The van der Waals surface area contributed by atoms with Gasteiger partial charge in [0.2, 0.25) is 0 Å². The Balaban J connectivity index is 1.70. The highest BCUT2D eigenvalue weighted by molar-refractivity contribution is 5.79. The smallest absolute Gasteiger partial charge is 0.191 e. The summed E-state index contributed by atoms with van der Waals surface area (Å²) in [6, 6.07) is 3.98. The van der Waals surface area contributed by atoms with Crippen molar-refractivity contribution in [2.24, 2.45) is 4.99 Å². The maximum atomic E-state index is 5.44. The first-order chi connectivity index (χ1) is 13.7. The summed E-state index contributed by atoms with van der Waals surface area (Å²) in [7, 11) is 0. The van der Waals surface area contributed by atoms with Gasteiger partial charge in [-0.25, -0.2) is 15.0 Å². The van der Waals surface area contributed by atoms with Gasteiger partial charge < -0.3 is 15.2 Å². The molecule has 0 saturated heterocycles. The lowest BCUT2D eigenvalue weighted by Crippen LogP contribution is -2.37. The Hall–Kier alpha value is -3.16. The van der Waals surface area contributed by atoms with E-state index in [-0.39, 0.29) is 0 Å². The minimum absolute atomic E-state index is 0.546. The molecule has 8 heteroatoms. The zero-order chi connectivity index (χ0) is 19.8. The molecular weight excluding hydrogens is 354 g/mol. The van der Waals surface area contributed by atoms with Crippen molar-refractivity contribution in [2.75, 3.05) is 6.54 Å². The number of guanidine groups is 1. The Kier molecular flexibility index (Phi) is 6.78. The van der Waals surface area contributed by atoms with Crippen LogP contribution in [-0.2, 0) is 25.9 Å². The fraction of sp³-hybridized carbons (Fsp3) is 0.400. The average Bonchev–Trinajstić information content (AvgIpc) is 3.39. The Morgan fingerprint density at radius 3 is 2.79 bits per heavy atom. The largest absolute Gasteiger partial charge is 0.361 e. The fourth-order valence-electron chi connectivity index (χ4n) is 2.92. The molecule has 3 heterocycles. The Labute approximate surface area is 165 Å². The van der Waals surface area contributed by atoms with Crippen LogP contribution in [0.1, 0.15) is 43.4 Å². The lowest BCUT2D eigenvalue weighted by Gasteiger charge is -2.12. The van der Waals surface area contributed by atoms with E-state index in [0.29, 0.717) is 13.1 Å². The number of rotatable bonds is 8. The molecule has 0 saturated carbocycles. The third kappa shape index (κ3) is 4.76. The quantitative estimate of drug-likeness (QED) is 0.460. The van der Waals surface area contributed by atoms with Crippen LogP contribution in [-0.4, -0.2) is 32.2 Å². The number of nitrogens with zero attached hydrogens (tertiary/aromatic N) is 5. The molecule has 0 atom stereocenters. The topological polar surface area (TPSA) is 93.2 Å². The highest BCUT2D eigenvalue weighted by Crippen LogP contribution is 2.15. The highest BCUT2D eigenvalue weighted by Gasteiger charge is 2.13. The summed E-state index contributed by atoms with van der Waals surface area (Å²) < 4.78 is 7.32. The van der Waals surface area contributed by atoms with Crippen LogP contribution in [0.25, 0.3) is 5.82 Å². The fourth-order valence-corrected chi connectivity index (χ4v) is 2.92. The van der Waals surface area contributed by atoms with Crippen molar-refractivity contribution in [3.63, 3.8) is 0 Å².